The number of hydrogen-bond donors (Lipinski definition) is 1. The number of carbonyl (C=O) groups is 1. The van der Waals surface area contributed by atoms with Gasteiger partial charge in [0.25, 0.3) is 5.91 Å². The summed E-state index contributed by atoms with van der Waals surface area (Å²) in [5.41, 5.74) is 4.19. The number of aryl methyl sites for hydroxylation is 1. The molecule has 0 saturated carbocycles. The molecule has 1 aliphatic rings. The minimum atomic E-state index is 0.0101. The number of fused-ring (bicyclic) bond motifs is 3. The van der Waals surface area contributed by atoms with E-state index in [1.165, 1.54) is 10.9 Å². The zero-order valence-corrected chi connectivity index (χ0v) is 17.1. The highest BCUT2D eigenvalue weighted by atomic mass is 16.5. The minimum Gasteiger partial charge on any atom is -0.379 e. The Morgan fingerprint density at radius 1 is 1.18 bits per heavy atom. The molecule has 4 rings (SSSR count). The van der Waals surface area contributed by atoms with Crippen LogP contribution in [-0.2, 0) is 11.8 Å². The maximum absolute atomic E-state index is 13.0. The normalized spacial score (nSPS) is 15.7. The molecule has 150 valence electrons. The first kappa shape index (κ1) is 19.0. The number of hydrogen-bond acceptors (Lipinski definition) is 3. The summed E-state index contributed by atoms with van der Waals surface area (Å²) in [4.78, 5) is 15.4. The van der Waals surface area contributed by atoms with E-state index in [2.05, 4.69) is 64.5 Å². The molecule has 0 atom stereocenters. The van der Waals surface area contributed by atoms with Crippen LogP contribution in [0, 0.1) is 0 Å². The predicted molar refractivity (Wildman–Crippen MR) is 113 cm³/mol. The molecule has 1 aromatic carbocycles. The van der Waals surface area contributed by atoms with Crippen LogP contribution in [0.25, 0.3) is 21.9 Å². The summed E-state index contributed by atoms with van der Waals surface area (Å²) in [7, 11) is 2.07. The fourth-order valence-corrected chi connectivity index (χ4v) is 4.26. The van der Waals surface area contributed by atoms with Crippen molar-refractivity contribution < 1.29 is 9.53 Å². The van der Waals surface area contributed by atoms with E-state index >= 15 is 0 Å². The van der Waals surface area contributed by atoms with E-state index in [9.17, 15) is 4.79 Å². The summed E-state index contributed by atoms with van der Waals surface area (Å²) in [5.74, 6) is 0.0101. The number of carbonyl (C=O) groups excluding carboxylic acids is 1. The zero-order valence-electron chi connectivity index (χ0n) is 17.1. The second kappa shape index (κ2) is 7.97. The molecule has 6 nitrogen and oxygen atoms in total. The van der Waals surface area contributed by atoms with Crippen LogP contribution in [-0.4, -0.2) is 59.3 Å². The van der Waals surface area contributed by atoms with Crippen LogP contribution >= 0.6 is 0 Å². The average Bonchev–Trinajstić information content (AvgIpc) is 3.23. The number of amides is 1. The van der Waals surface area contributed by atoms with E-state index in [-0.39, 0.29) is 11.9 Å². The van der Waals surface area contributed by atoms with Gasteiger partial charge in [-0.1, -0.05) is 18.2 Å². The van der Waals surface area contributed by atoms with E-state index in [1.54, 1.807) is 0 Å². The summed E-state index contributed by atoms with van der Waals surface area (Å²) >= 11 is 0. The van der Waals surface area contributed by atoms with Crippen LogP contribution in [0.2, 0.25) is 0 Å². The fraction of sp³-hybridized carbons (Fsp3) is 0.500. The Bertz CT molecular complexity index is 979. The van der Waals surface area contributed by atoms with Crippen LogP contribution < -0.4 is 5.32 Å². The Labute approximate surface area is 166 Å². The lowest BCUT2D eigenvalue weighted by Gasteiger charge is -2.26. The standard InChI is InChI=1S/C22H30N4O2/c1-16(2)26-20(22(27)23-9-6-10-25-11-13-28-14-12-25)15-19-21(26)17-7-4-5-8-18(17)24(19)3/h4-5,7-8,15-16H,6,9-14H2,1-3H3,(H,23,27). The molecule has 1 aliphatic heterocycles. The third kappa shape index (κ3) is 3.42. The Hall–Kier alpha value is -2.31. The van der Waals surface area contributed by atoms with E-state index < -0.39 is 0 Å². The molecule has 1 N–H and O–H groups in total. The number of benzene rings is 1. The van der Waals surface area contributed by atoms with E-state index in [1.807, 2.05) is 6.07 Å². The van der Waals surface area contributed by atoms with Gasteiger partial charge in [0.15, 0.2) is 0 Å². The summed E-state index contributed by atoms with van der Waals surface area (Å²) in [5, 5.41) is 4.32. The Kier molecular flexibility index (Phi) is 5.42. The number of nitrogens with zero attached hydrogens (tertiary/aromatic N) is 3. The van der Waals surface area contributed by atoms with Crippen LogP contribution in [0.1, 0.15) is 36.8 Å². The van der Waals surface area contributed by atoms with Crippen LogP contribution in [0.4, 0.5) is 0 Å². The first-order chi connectivity index (χ1) is 13.6. The lowest BCUT2D eigenvalue weighted by atomic mass is 10.2. The van der Waals surface area contributed by atoms with Crippen LogP contribution in [0.15, 0.2) is 30.3 Å². The van der Waals surface area contributed by atoms with Gasteiger partial charge in [-0.2, -0.15) is 0 Å². The second-order valence-electron chi connectivity index (χ2n) is 7.87. The van der Waals surface area contributed by atoms with Crippen molar-refractivity contribution in [1.82, 2.24) is 19.4 Å². The van der Waals surface area contributed by atoms with Crippen molar-refractivity contribution >= 4 is 27.8 Å². The van der Waals surface area contributed by atoms with Crippen molar-refractivity contribution in [2.75, 3.05) is 39.4 Å². The van der Waals surface area contributed by atoms with Gasteiger partial charge in [0.2, 0.25) is 0 Å². The number of rotatable bonds is 6. The molecule has 3 heterocycles. The number of aromatic nitrogens is 2. The van der Waals surface area contributed by atoms with Crippen LogP contribution in [0.3, 0.4) is 0 Å². The maximum Gasteiger partial charge on any atom is 0.268 e. The van der Waals surface area contributed by atoms with Crippen molar-refractivity contribution in [3.63, 3.8) is 0 Å². The van der Waals surface area contributed by atoms with Gasteiger partial charge < -0.3 is 19.2 Å². The lowest BCUT2D eigenvalue weighted by Crippen LogP contribution is -2.38. The molecule has 0 unspecified atom stereocenters. The third-order valence-electron chi connectivity index (χ3n) is 5.69. The Morgan fingerprint density at radius 3 is 2.68 bits per heavy atom. The number of nitrogens with one attached hydrogen (secondary N) is 1. The highest BCUT2D eigenvalue weighted by Gasteiger charge is 2.22. The molecule has 0 aliphatic carbocycles. The van der Waals surface area contributed by atoms with Gasteiger partial charge in [-0.05, 0) is 38.9 Å². The first-order valence-electron chi connectivity index (χ1n) is 10.2. The molecule has 0 bridgehead atoms. The van der Waals surface area contributed by atoms with Gasteiger partial charge in [0, 0.05) is 38.1 Å². The number of ether oxygens (including phenoxy) is 1. The van der Waals surface area contributed by atoms with Gasteiger partial charge in [-0.25, -0.2) is 0 Å². The summed E-state index contributed by atoms with van der Waals surface area (Å²) in [6.07, 6.45) is 0.955. The first-order valence-corrected chi connectivity index (χ1v) is 10.2. The average molecular weight is 383 g/mol. The van der Waals surface area contributed by atoms with Crippen molar-refractivity contribution in [2.24, 2.45) is 7.05 Å². The molecule has 2 aromatic heterocycles. The fourth-order valence-electron chi connectivity index (χ4n) is 4.26. The molecular weight excluding hydrogens is 352 g/mol. The highest BCUT2D eigenvalue weighted by Crippen LogP contribution is 2.33. The van der Waals surface area contributed by atoms with Gasteiger partial charge >= 0.3 is 0 Å². The van der Waals surface area contributed by atoms with Crippen molar-refractivity contribution in [3.8, 4) is 0 Å². The number of morpholine rings is 1. The van der Waals surface area contributed by atoms with Crippen molar-refractivity contribution in [3.05, 3.63) is 36.0 Å². The predicted octanol–water partition coefficient (Wildman–Crippen LogP) is 3.17. The highest BCUT2D eigenvalue weighted by molar-refractivity contribution is 6.10. The van der Waals surface area contributed by atoms with Gasteiger partial charge in [-0.3, -0.25) is 9.69 Å². The molecule has 6 heteroatoms. The molecule has 1 saturated heterocycles. The summed E-state index contributed by atoms with van der Waals surface area (Å²) < 4.78 is 9.74. The van der Waals surface area contributed by atoms with Crippen molar-refractivity contribution in [2.45, 2.75) is 26.3 Å². The topological polar surface area (TPSA) is 51.4 Å². The van der Waals surface area contributed by atoms with Crippen LogP contribution in [0.5, 0.6) is 0 Å². The van der Waals surface area contributed by atoms with E-state index in [0.29, 0.717) is 6.54 Å². The summed E-state index contributed by atoms with van der Waals surface area (Å²) in [6, 6.07) is 10.6. The quantitative estimate of drug-likeness (QED) is 0.666. The van der Waals surface area contributed by atoms with Gasteiger partial charge in [-0.15, -0.1) is 0 Å². The second-order valence-corrected chi connectivity index (χ2v) is 7.87. The molecule has 1 amide bonds. The SMILES string of the molecule is CC(C)n1c(C(=O)NCCCN2CCOCC2)cc2c1c1ccccc1n2C. The van der Waals surface area contributed by atoms with Gasteiger partial charge in [0.1, 0.15) is 5.69 Å². The summed E-state index contributed by atoms with van der Waals surface area (Å²) in [6.45, 7) is 9.57. The monoisotopic (exact) mass is 382 g/mol. The molecule has 1 fully saturated rings. The minimum absolute atomic E-state index is 0.0101. The molecule has 28 heavy (non-hydrogen) atoms. The molecule has 0 spiro atoms. The molecule has 3 aromatic rings. The zero-order chi connectivity index (χ0) is 19.7. The van der Waals surface area contributed by atoms with Gasteiger partial charge in [0.05, 0.1) is 29.8 Å². The Morgan fingerprint density at radius 2 is 1.93 bits per heavy atom. The lowest BCUT2D eigenvalue weighted by molar-refractivity contribution is 0.0374. The van der Waals surface area contributed by atoms with Crippen molar-refractivity contribution in [1.29, 1.82) is 0 Å². The third-order valence-corrected chi connectivity index (χ3v) is 5.69. The van der Waals surface area contributed by atoms with E-state index in [0.717, 1.165) is 56.0 Å². The smallest absolute Gasteiger partial charge is 0.268 e. The molecular formula is C22H30N4O2. The maximum atomic E-state index is 13.0. The number of para-hydroxylation sites is 1. The largest absolute Gasteiger partial charge is 0.379 e. The van der Waals surface area contributed by atoms with E-state index in [4.69, 9.17) is 4.74 Å². The molecule has 0 radical (unpaired) electrons. The Balaban J connectivity index is 1.53.